The van der Waals surface area contributed by atoms with Gasteiger partial charge in [0.25, 0.3) is 0 Å². The van der Waals surface area contributed by atoms with E-state index in [1.54, 1.807) is 0 Å². The third kappa shape index (κ3) is 4.19. The van der Waals surface area contributed by atoms with Crippen LogP contribution in [0, 0.1) is 11.8 Å². The van der Waals surface area contributed by atoms with E-state index >= 15 is 0 Å². The van der Waals surface area contributed by atoms with E-state index < -0.39 is 0 Å². The summed E-state index contributed by atoms with van der Waals surface area (Å²) < 4.78 is 0. The molecule has 1 amide bonds. The molecule has 1 aliphatic rings. The van der Waals surface area contributed by atoms with Gasteiger partial charge >= 0.3 is 0 Å². The fourth-order valence-electron chi connectivity index (χ4n) is 3.24. The Balaban J connectivity index is 2.61. The Morgan fingerprint density at radius 1 is 1.50 bits per heavy atom. The number of nitrogens with one attached hydrogen (secondary N) is 1. The van der Waals surface area contributed by atoms with E-state index in [4.69, 9.17) is 5.73 Å². The molecule has 0 radical (unpaired) electrons. The summed E-state index contributed by atoms with van der Waals surface area (Å²) in [6.07, 6.45) is 5.79. The second kappa shape index (κ2) is 7.41. The predicted octanol–water partition coefficient (Wildman–Crippen LogP) is 1.99. The lowest BCUT2D eigenvalue weighted by Gasteiger charge is -2.45. The predicted molar refractivity (Wildman–Crippen MR) is 84.5 cm³/mol. The van der Waals surface area contributed by atoms with Gasteiger partial charge in [0.1, 0.15) is 0 Å². The van der Waals surface area contributed by atoms with Gasteiger partial charge in [0.2, 0.25) is 5.91 Å². The molecule has 1 rings (SSSR count). The molecule has 2 unspecified atom stereocenters. The van der Waals surface area contributed by atoms with Gasteiger partial charge in [-0.15, -0.1) is 0 Å². The number of hydrogen-bond donors (Lipinski definition) is 2. The monoisotopic (exact) mass is 283 g/mol. The molecule has 4 heteroatoms. The minimum Gasteiger partial charge on any atom is -0.353 e. The van der Waals surface area contributed by atoms with Crippen molar-refractivity contribution in [3.63, 3.8) is 0 Å². The summed E-state index contributed by atoms with van der Waals surface area (Å²) >= 11 is 0. The van der Waals surface area contributed by atoms with Gasteiger partial charge in [-0.2, -0.15) is 0 Å². The average molecular weight is 283 g/mol. The van der Waals surface area contributed by atoms with Crippen LogP contribution in [-0.2, 0) is 4.79 Å². The number of carbonyl (C=O) groups is 1. The molecule has 1 fully saturated rings. The molecular formula is C16H33N3O. The molecule has 0 aromatic heterocycles. The van der Waals surface area contributed by atoms with Crippen LogP contribution in [0.1, 0.15) is 52.9 Å². The van der Waals surface area contributed by atoms with Crippen LogP contribution in [0.25, 0.3) is 0 Å². The first kappa shape index (κ1) is 17.4. The number of amides is 1. The van der Waals surface area contributed by atoms with Crippen LogP contribution in [0.2, 0.25) is 0 Å². The Morgan fingerprint density at radius 2 is 2.15 bits per heavy atom. The average Bonchev–Trinajstić information content (AvgIpc) is 2.42. The topological polar surface area (TPSA) is 58.4 Å². The Kier molecular flexibility index (Phi) is 6.46. The summed E-state index contributed by atoms with van der Waals surface area (Å²) in [6, 6.07) is -0.389. The molecule has 0 aliphatic heterocycles. The zero-order chi connectivity index (χ0) is 15.3. The van der Waals surface area contributed by atoms with Gasteiger partial charge < -0.3 is 16.0 Å². The fourth-order valence-corrected chi connectivity index (χ4v) is 3.24. The molecule has 118 valence electrons. The van der Waals surface area contributed by atoms with E-state index in [1.807, 2.05) is 6.92 Å². The lowest BCUT2D eigenvalue weighted by atomic mass is 9.75. The van der Waals surface area contributed by atoms with E-state index in [-0.39, 0.29) is 23.4 Å². The molecule has 0 aromatic carbocycles. The van der Waals surface area contributed by atoms with Crippen molar-refractivity contribution in [2.75, 3.05) is 20.6 Å². The van der Waals surface area contributed by atoms with Crippen molar-refractivity contribution in [1.82, 2.24) is 10.2 Å². The van der Waals surface area contributed by atoms with Crippen molar-refractivity contribution in [2.45, 2.75) is 64.5 Å². The quantitative estimate of drug-likeness (QED) is 0.784. The highest BCUT2D eigenvalue weighted by Gasteiger charge is 2.37. The summed E-state index contributed by atoms with van der Waals surface area (Å²) in [5.41, 5.74) is 6.11. The van der Waals surface area contributed by atoms with Crippen molar-refractivity contribution in [2.24, 2.45) is 17.6 Å². The maximum absolute atomic E-state index is 12.2. The standard InChI is InChI=1S/C16H33N3O/c1-6-13(3)14(17)15(20)18-11-16(19(4)5)9-7-8-12(2)10-16/h12-14H,6-11,17H2,1-5H3,(H,18,20)/t12?,13-,14-,16?/m0/s1. The highest BCUT2D eigenvalue weighted by atomic mass is 16.2. The number of nitrogens with two attached hydrogens (primary N) is 1. The molecular weight excluding hydrogens is 250 g/mol. The van der Waals surface area contributed by atoms with Crippen LogP contribution in [0.15, 0.2) is 0 Å². The number of rotatable bonds is 6. The second-order valence-electron chi connectivity index (χ2n) is 6.95. The van der Waals surface area contributed by atoms with Crippen LogP contribution in [-0.4, -0.2) is 43.0 Å². The summed E-state index contributed by atoms with van der Waals surface area (Å²) in [7, 11) is 4.25. The van der Waals surface area contributed by atoms with Crippen LogP contribution >= 0.6 is 0 Å². The summed E-state index contributed by atoms with van der Waals surface area (Å²) in [6.45, 7) is 7.13. The summed E-state index contributed by atoms with van der Waals surface area (Å²) in [5.74, 6) is 0.959. The van der Waals surface area contributed by atoms with E-state index in [2.05, 4.69) is 38.2 Å². The van der Waals surface area contributed by atoms with E-state index in [9.17, 15) is 4.79 Å². The van der Waals surface area contributed by atoms with Gasteiger partial charge in [0.05, 0.1) is 6.04 Å². The smallest absolute Gasteiger partial charge is 0.237 e. The van der Waals surface area contributed by atoms with E-state index in [0.717, 1.165) is 25.2 Å². The molecule has 0 aromatic rings. The van der Waals surface area contributed by atoms with Gasteiger partial charge in [0, 0.05) is 12.1 Å². The third-order valence-electron chi connectivity index (χ3n) is 5.17. The first-order valence-electron chi connectivity index (χ1n) is 8.03. The summed E-state index contributed by atoms with van der Waals surface area (Å²) in [5, 5.41) is 3.10. The molecule has 1 saturated carbocycles. The van der Waals surface area contributed by atoms with Crippen LogP contribution < -0.4 is 11.1 Å². The highest BCUT2D eigenvalue weighted by molar-refractivity contribution is 5.81. The molecule has 1 aliphatic carbocycles. The SMILES string of the molecule is CC[C@H](C)[C@H](N)C(=O)NCC1(N(C)C)CCCC(C)C1. The van der Waals surface area contributed by atoms with E-state index in [1.165, 1.54) is 12.8 Å². The minimum absolute atomic E-state index is 0.00111. The Hall–Kier alpha value is -0.610. The Morgan fingerprint density at radius 3 is 2.65 bits per heavy atom. The number of carbonyl (C=O) groups excluding carboxylic acids is 1. The number of likely N-dealkylation sites (N-methyl/N-ethyl adjacent to an activating group) is 1. The fraction of sp³-hybridized carbons (Fsp3) is 0.938. The van der Waals surface area contributed by atoms with Gasteiger partial charge in [0.15, 0.2) is 0 Å². The largest absolute Gasteiger partial charge is 0.353 e. The number of hydrogen-bond acceptors (Lipinski definition) is 3. The highest BCUT2D eigenvalue weighted by Crippen LogP contribution is 2.35. The molecule has 3 N–H and O–H groups in total. The lowest BCUT2D eigenvalue weighted by molar-refractivity contribution is -0.124. The normalized spacial score (nSPS) is 30.1. The summed E-state index contributed by atoms with van der Waals surface area (Å²) in [4.78, 5) is 14.5. The molecule has 0 heterocycles. The van der Waals surface area contributed by atoms with Crippen molar-refractivity contribution in [3.05, 3.63) is 0 Å². The maximum atomic E-state index is 12.2. The molecule has 0 bridgehead atoms. The van der Waals surface area contributed by atoms with Crippen molar-refractivity contribution in [1.29, 1.82) is 0 Å². The maximum Gasteiger partial charge on any atom is 0.237 e. The van der Waals surface area contributed by atoms with Crippen LogP contribution in [0.5, 0.6) is 0 Å². The first-order chi connectivity index (χ1) is 9.32. The first-order valence-corrected chi connectivity index (χ1v) is 8.03. The van der Waals surface area contributed by atoms with Gasteiger partial charge in [-0.3, -0.25) is 4.79 Å². The minimum atomic E-state index is -0.389. The van der Waals surface area contributed by atoms with Gasteiger partial charge in [-0.05, 0) is 38.8 Å². The molecule has 4 atom stereocenters. The number of nitrogens with zero attached hydrogens (tertiary/aromatic N) is 1. The molecule has 0 spiro atoms. The van der Waals surface area contributed by atoms with Crippen molar-refractivity contribution >= 4 is 5.91 Å². The van der Waals surface area contributed by atoms with Gasteiger partial charge in [-0.25, -0.2) is 0 Å². The molecule has 0 saturated heterocycles. The van der Waals surface area contributed by atoms with Crippen molar-refractivity contribution in [3.8, 4) is 0 Å². The van der Waals surface area contributed by atoms with Crippen LogP contribution in [0.4, 0.5) is 0 Å². The molecule has 4 nitrogen and oxygen atoms in total. The Labute approximate surface area is 124 Å². The zero-order valence-electron chi connectivity index (χ0n) is 13.9. The van der Waals surface area contributed by atoms with Crippen molar-refractivity contribution < 1.29 is 4.79 Å². The van der Waals surface area contributed by atoms with E-state index in [0.29, 0.717) is 6.54 Å². The zero-order valence-corrected chi connectivity index (χ0v) is 13.9. The third-order valence-corrected chi connectivity index (χ3v) is 5.17. The lowest BCUT2D eigenvalue weighted by Crippen LogP contribution is -2.57. The van der Waals surface area contributed by atoms with Gasteiger partial charge in [-0.1, -0.05) is 40.0 Å². The Bertz CT molecular complexity index is 319. The molecule has 20 heavy (non-hydrogen) atoms. The second-order valence-corrected chi connectivity index (χ2v) is 6.95. The van der Waals surface area contributed by atoms with Crippen LogP contribution in [0.3, 0.4) is 0 Å².